The molecule has 1 aromatic heterocycles. The lowest BCUT2D eigenvalue weighted by molar-refractivity contribution is 0.0402. The lowest BCUT2D eigenvalue weighted by Gasteiger charge is -2.31. The Morgan fingerprint density at radius 2 is 1.76 bits per heavy atom. The Hall–Kier alpha value is -4.25. The Kier molecular flexibility index (Phi) is 9.57. The smallest absolute Gasteiger partial charge is 0.330 e. The van der Waals surface area contributed by atoms with Crippen molar-refractivity contribution in [2.45, 2.75) is 32.4 Å². The van der Waals surface area contributed by atoms with Crippen LogP contribution in [0, 0.1) is 12.7 Å². The Balaban J connectivity index is 1.46. The largest absolute Gasteiger partial charge is 0.496 e. The fourth-order valence-corrected chi connectivity index (χ4v) is 6.12. The number of nitrogens with zero attached hydrogens (tertiary/aromatic N) is 3. The molecule has 11 heteroatoms. The van der Waals surface area contributed by atoms with Crippen LogP contribution in [-0.2, 0) is 25.4 Å². The zero-order valence-electron chi connectivity index (χ0n) is 25.9. The zero-order valence-corrected chi connectivity index (χ0v) is 26.7. The van der Waals surface area contributed by atoms with Crippen LogP contribution in [-0.4, -0.2) is 53.4 Å². The first-order valence-corrected chi connectivity index (χ1v) is 15.0. The van der Waals surface area contributed by atoms with E-state index in [1.807, 2.05) is 38.2 Å². The van der Waals surface area contributed by atoms with Gasteiger partial charge in [-0.1, -0.05) is 41.9 Å². The van der Waals surface area contributed by atoms with E-state index in [4.69, 9.17) is 21.1 Å². The number of ether oxygens (including phenoxy) is 2. The topological polar surface area (TPSA) is 94.8 Å². The molecule has 0 bridgehead atoms. The Labute approximate surface area is 265 Å². The summed E-state index contributed by atoms with van der Waals surface area (Å²) < 4.78 is 28.9. The molecular weight excluding hydrogens is 599 g/mol. The maximum Gasteiger partial charge on any atom is 0.330 e. The van der Waals surface area contributed by atoms with E-state index in [-0.39, 0.29) is 11.4 Å². The van der Waals surface area contributed by atoms with Crippen molar-refractivity contribution in [3.05, 3.63) is 103 Å². The van der Waals surface area contributed by atoms with Crippen molar-refractivity contribution in [3.8, 4) is 28.0 Å². The van der Waals surface area contributed by atoms with Gasteiger partial charge in [-0.25, -0.2) is 9.18 Å². The standard InChI is InChI=1S/C34H36ClFN4O5/c1-20-23(8-7-11-29(20)37-32(41)27-19-39(3)34(43)40(4)33(27)42)25-10-6-9-24(31(25)35)21-16-28(36)26(30(17-21)44-5)18-38(2)22-12-14-45-15-13-22/h6-11,16-17,19,22H,12-15,18H2,1-5H3,(H,37,41). The Morgan fingerprint density at radius 3 is 2.47 bits per heavy atom. The third-order valence-electron chi connectivity index (χ3n) is 8.47. The fraction of sp³-hybridized carbons (Fsp3) is 0.324. The normalized spacial score (nSPS) is 13.7. The van der Waals surface area contributed by atoms with Gasteiger partial charge in [-0.3, -0.25) is 19.1 Å². The molecule has 1 N–H and O–H groups in total. The van der Waals surface area contributed by atoms with Crippen LogP contribution in [0.3, 0.4) is 0 Å². The third-order valence-corrected chi connectivity index (χ3v) is 8.88. The summed E-state index contributed by atoms with van der Waals surface area (Å²) in [5.41, 5.74) is 2.90. The highest BCUT2D eigenvalue weighted by molar-refractivity contribution is 6.36. The van der Waals surface area contributed by atoms with Crippen LogP contribution in [0.5, 0.6) is 5.75 Å². The van der Waals surface area contributed by atoms with E-state index in [9.17, 15) is 14.4 Å². The Bertz CT molecular complexity index is 1880. The molecule has 9 nitrogen and oxygen atoms in total. The first-order chi connectivity index (χ1) is 21.5. The number of nitrogens with one attached hydrogen (secondary N) is 1. The first kappa shape index (κ1) is 32.2. The molecule has 2 heterocycles. The average Bonchev–Trinajstić information content (AvgIpc) is 3.04. The Morgan fingerprint density at radius 1 is 1.09 bits per heavy atom. The molecule has 1 aliphatic rings. The molecule has 0 aliphatic carbocycles. The summed E-state index contributed by atoms with van der Waals surface area (Å²) in [6, 6.07) is 14.5. The molecule has 0 saturated carbocycles. The molecule has 1 aliphatic heterocycles. The monoisotopic (exact) mass is 634 g/mol. The summed E-state index contributed by atoms with van der Waals surface area (Å²) in [5.74, 6) is -0.581. The number of hydrogen-bond acceptors (Lipinski definition) is 6. The highest BCUT2D eigenvalue weighted by Gasteiger charge is 2.23. The maximum absolute atomic E-state index is 15.7. The molecule has 45 heavy (non-hydrogen) atoms. The summed E-state index contributed by atoms with van der Waals surface area (Å²) in [4.78, 5) is 39.9. The maximum atomic E-state index is 15.7. The van der Waals surface area contributed by atoms with Gasteiger partial charge in [-0.15, -0.1) is 0 Å². The predicted molar refractivity (Wildman–Crippen MR) is 174 cm³/mol. The number of carbonyl (C=O) groups is 1. The van der Waals surface area contributed by atoms with Crippen molar-refractivity contribution in [1.82, 2.24) is 14.0 Å². The van der Waals surface area contributed by atoms with Crippen molar-refractivity contribution in [1.29, 1.82) is 0 Å². The van der Waals surface area contributed by atoms with E-state index in [1.54, 1.807) is 18.2 Å². The average molecular weight is 635 g/mol. The fourth-order valence-electron chi connectivity index (χ4n) is 5.79. The van der Waals surface area contributed by atoms with Crippen molar-refractivity contribution >= 4 is 23.2 Å². The molecule has 236 valence electrons. The second kappa shape index (κ2) is 13.4. The van der Waals surface area contributed by atoms with Crippen molar-refractivity contribution in [2.24, 2.45) is 14.1 Å². The number of anilines is 1. The molecule has 0 atom stereocenters. The lowest BCUT2D eigenvalue weighted by Crippen LogP contribution is -2.40. The summed E-state index contributed by atoms with van der Waals surface area (Å²) >= 11 is 7.00. The number of aromatic nitrogens is 2. The second-order valence-electron chi connectivity index (χ2n) is 11.3. The van der Waals surface area contributed by atoms with Crippen LogP contribution in [0.4, 0.5) is 10.1 Å². The van der Waals surface area contributed by atoms with Gasteiger partial charge in [0, 0.05) is 68.5 Å². The quantitative estimate of drug-likeness (QED) is 0.279. The van der Waals surface area contributed by atoms with Crippen molar-refractivity contribution in [3.63, 3.8) is 0 Å². The molecule has 0 spiro atoms. The SMILES string of the molecule is COc1cc(-c2cccc(-c3cccc(NC(=O)c4cn(C)c(=O)n(C)c4=O)c3C)c2Cl)cc(F)c1CN(C)C1CCOCC1. The van der Waals surface area contributed by atoms with Crippen LogP contribution >= 0.6 is 11.6 Å². The summed E-state index contributed by atoms with van der Waals surface area (Å²) in [6.07, 6.45) is 3.02. The molecule has 5 rings (SSSR count). The van der Waals surface area contributed by atoms with Crippen LogP contribution < -0.4 is 21.3 Å². The number of amides is 1. The molecule has 1 amide bonds. The van der Waals surface area contributed by atoms with E-state index in [0.29, 0.717) is 70.1 Å². The minimum absolute atomic E-state index is 0.164. The molecule has 4 aromatic rings. The number of aryl methyl sites for hydroxylation is 1. The van der Waals surface area contributed by atoms with Gasteiger partial charge >= 0.3 is 5.69 Å². The van der Waals surface area contributed by atoms with Gasteiger partial charge in [0.15, 0.2) is 0 Å². The number of carbonyl (C=O) groups excluding carboxylic acids is 1. The second-order valence-corrected chi connectivity index (χ2v) is 11.7. The predicted octanol–water partition coefficient (Wildman–Crippen LogP) is 5.39. The minimum Gasteiger partial charge on any atom is -0.496 e. The number of hydrogen-bond donors (Lipinski definition) is 1. The summed E-state index contributed by atoms with van der Waals surface area (Å²) in [7, 11) is 6.32. The van der Waals surface area contributed by atoms with Gasteiger partial charge < -0.3 is 19.4 Å². The third kappa shape index (κ3) is 6.45. The van der Waals surface area contributed by atoms with Gasteiger partial charge in [-0.2, -0.15) is 0 Å². The number of methoxy groups -OCH3 is 1. The van der Waals surface area contributed by atoms with Gasteiger partial charge in [0.25, 0.3) is 11.5 Å². The van der Waals surface area contributed by atoms with Gasteiger partial charge in [0.1, 0.15) is 17.1 Å². The van der Waals surface area contributed by atoms with E-state index in [1.165, 1.54) is 38.0 Å². The van der Waals surface area contributed by atoms with Crippen LogP contribution in [0.25, 0.3) is 22.3 Å². The molecule has 3 aromatic carbocycles. The van der Waals surface area contributed by atoms with Gasteiger partial charge in [0.05, 0.1) is 12.1 Å². The number of rotatable bonds is 8. The van der Waals surface area contributed by atoms with E-state index >= 15 is 4.39 Å². The van der Waals surface area contributed by atoms with Gasteiger partial charge in [0.2, 0.25) is 0 Å². The summed E-state index contributed by atoms with van der Waals surface area (Å²) in [5, 5.41) is 3.20. The highest BCUT2D eigenvalue weighted by atomic mass is 35.5. The molecule has 0 unspecified atom stereocenters. The molecule has 1 saturated heterocycles. The van der Waals surface area contributed by atoms with Crippen molar-refractivity contribution < 1.29 is 18.7 Å². The lowest BCUT2D eigenvalue weighted by atomic mass is 9.94. The van der Waals surface area contributed by atoms with Gasteiger partial charge in [-0.05, 0) is 61.7 Å². The number of halogens is 2. The number of benzene rings is 3. The van der Waals surface area contributed by atoms with Crippen LogP contribution in [0.15, 0.2) is 64.3 Å². The first-order valence-electron chi connectivity index (χ1n) is 14.6. The van der Waals surface area contributed by atoms with Crippen LogP contribution in [0.2, 0.25) is 5.02 Å². The van der Waals surface area contributed by atoms with Crippen LogP contribution in [0.1, 0.15) is 34.3 Å². The van der Waals surface area contributed by atoms with Crippen molar-refractivity contribution in [2.75, 3.05) is 32.7 Å². The molecule has 1 fully saturated rings. The molecule has 0 radical (unpaired) electrons. The summed E-state index contributed by atoms with van der Waals surface area (Å²) in [6.45, 7) is 3.63. The molecular formula is C34H36ClFN4O5. The van der Waals surface area contributed by atoms with E-state index in [0.717, 1.165) is 23.0 Å². The zero-order chi connectivity index (χ0) is 32.4. The minimum atomic E-state index is -0.691. The highest BCUT2D eigenvalue weighted by Crippen LogP contribution is 2.41. The van der Waals surface area contributed by atoms with E-state index < -0.39 is 17.2 Å². The van der Waals surface area contributed by atoms with E-state index in [2.05, 4.69) is 10.2 Å².